The third-order valence-electron chi connectivity index (χ3n) is 2.64. The van der Waals surface area contributed by atoms with Crippen molar-refractivity contribution in [1.29, 1.82) is 0 Å². The van der Waals surface area contributed by atoms with Crippen molar-refractivity contribution in [3.63, 3.8) is 0 Å². The lowest BCUT2D eigenvalue weighted by molar-refractivity contribution is 0.0517. The van der Waals surface area contributed by atoms with Gasteiger partial charge in [0.2, 0.25) is 0 Å². The number of benzene rings is 1. The van der Waals surface area contributed by atoms with Crippen molar-refractivity contribution in [3.05, 3.63) is 29.7 Å². The van der Waals surface area contributed by atoms with Gasteiger partial charge in [-0.05, 0) is 31.5 Å². The van der Waals surface area contributed by atoms with Gasteiger partial charge in [-0.15, -0.1) is 0 Å². The van der Waals surface area contributed by atoms with E-state index in [1.807, 2.05) is 18.2 Å². The van der Waals surface area contributed by atoms with Gasteiger partial charge in [0.1, 0.15) is 5.52 Å². The molecule has 1 aromatic heterocycles. The van der Waals surface area contributed by atoms with Crippen molar-refractivity contribution in [2.45, 2.75) is 32.4 Å². The van der Waals surface area contributed by atoms with Crippen LogP contribution >= 0.6 is 0 Å². The number of aromatic nitrogens is 1. The molecule has 1 aromatic carbocycles. The molecule has 0 fully saturated rings. The quantitative estimate of drug-likeness (QED) is 0.810. The predicted octanol–water partition coefficient (Wildman–Crippen LogP) is 1.91. The van der Waals surface area contributed by atoms with Crippen LogP contribution in [0.25, 0.3) is 11.1 Å². The van der Waals surface area contributed by atoms with E-state index in [0.29, 0.717) is 11.5 Å². The molecule has 0 aliphatic rings. The average molecular weight is 220 g/mol. The lowest BCUT2D eigenvalue weighted by atomic mass is 9.93. The van der Waals surface area contributed by atoms with E-state index in [-0.39, 0.29) is 0 Å². The molecule has 0 aliphatic carbocycles. The molecule has 4 heteroatoms. The molecule has 4 nitrogen and oxygen atoms in total. The highest BCUT2D eigenvalue weighted by molar-refractivity contribution is 5.73. The summed E-state index contributed by atoms with van der Waals surface area (Å²) in [4.78, 5) is 4.21. The molecule has 0 bridgehead atoms. The van der Waals surface area contributed by atoms with E-state index in [0.717, 1.165) is 11.1 Å². The number of nitrogens with two attached hydrogens (primary N) is 1. The van der Waals surface area contributed by atoms with E-state index >= 15 is 0 Å². The number of rotatable bonds is 2. The average Bonchev–Trinajstić information content (AvgIpc) is 2.54. The fourth-order valence-electron chi connectivity index (χ4n) is 1.66. The summed E-state index contributed by atoms with van der Waals surface area (Å²) in [5.74, 6) is 0.629. The topological polar surface area (TPSA) is 72.3 Å². The number of aliphatic hydroxyl groups is 1. The fraction of sp³-hybridized carbons (Fsp3) is 0.417. The van der Waals surface area contributed by atoms with Crippen LogP contribution in [0.3, 0.4) is 0 Å². The monoisotopic (exact) mass is 220 g/mol. The number of aryl methyl sites for hydroxylation is 1. The Balaban J connectivity index is 2.46. The molecular weight excluding hydrogens is 204 g/mol. The largest absolute Gasteiger partial charge is 0.441 e. The lowest BCUT2D eigenvalue weighted by Gasteiger charge is -2.25. The van der Waals surface area contributed by atoms with Crippen molar-refractivity contribution in [2.75, 3.05) is 0 Å². The molecule has 0 saturated carbocycles. The second kappa shape index (κ2) is 3.57. The lowest BCUT2D eigenvalue weighted by Crippen LogP contribution is -2.34. The number of hydrogen-bond acceptors (Lipinski definition) is 4. The van der Waals surface area contributed by atoms with Crippen molar-refractivity contribution >= 4 is 11.1 Å². The van der Waals surface area contributed by atoms with Crippen LogP contribution in [0.2, 0.25) is 0 Å². The van der Waals surface area contributed by atoms with Gasteiger partial charge in [0, 0.05) is 6.92 Å². The van der Waals surface area contributed by atoms with E-state index in [1.165, 1.54) is 0 Å². The highest BCUT2D eigenvalue weighted by atomic mass is 16.3. The minimum Gasteiger partial charge on any atom is -0.441 e. The molecule has 0 spiro atoms. The molecule has 16 heavy (non-hydrogen) atoms. The molecular formula is C12H16N2O2. The van der Waals surface area contributed by atoms with Crippen molar-refractivity contribution in [2.24, 2.45) is 5.73 Å². The highest BCUT2D eigenvalue weighted by Gasteiger charge is 2.24. The van der Waals surface area contributed by atoms with Crippen LogP contribution in [0.15, 0.2) is 22.6 Å². The Kier molecular flexibility index (Phi) is 2.48. The highest BCUT2D eigenvalue weighted by Crippen LogP contribution is 2.26. The van der Waals surface area contributed by atoms with Gasteiger partial charge in [0.05, 0.1) is 11.6 Å². The number of oxazole rings is 1. The van der Waals surface area contributed by atoms with Gasteiger partial charge in [-0.25, -0.2) is 4.98 Å². The first-order valence-electron chi connectivity index (χ1n) is 5.23. The van der Waals surface area contributed by atoms with Gasteiger partial charge in [-0.3, -0.25) is 0 Å². The first-order valence-corrected chi connectivity index (χ1v) is 5.23. The third kappa shape index (κ3) is 1.94. The maximum Gasteiger partial charge on any atom is 0.192 e. The van der Waals surface area contributed by atoms with Crippen LogP contribution in [0, 0.1) is 6.92 Å². The van der Waals surface area contributed by atoms with E-state index in [4.69, 9.17) is 10.2 Å². The van der Waals surface area contributed by atoms with Crippen LogP contribution in [-0.4, -0.2) is 15.7 Å². The summed E-state index contributed by atoms with van der Waals surface area (Å²) >= 11 is 0. The molecule has 0 aliphatic heterocycles. The zero-order valence-electron chi connectivity index (χ0n) is 9.69. The molecule has 3 N–H and O–H groups in total. The Morgan fingerprint density at radius 2 is 2.12 bits per heavy atom. The summed E-state index contributed by atoms with van der Waals surface area (Å²) in [6.45, 7) is 5.18. The van der Waals surface area contributed by atoms with Crippen molar-refractivity contribution in [1.82, 2.24) is 4.98 Å². The first kappa shape index (κ1) is 11.1. The van der Waals surface area contributed by atoms with Crippen LogP contribution in [0.4, 0.5) is 0 Å². The normalized spacial score (nSPS) is 14.3. The van der Waals surface area contributed by atoms with Gasteiger partial charge >= 0.3 is 0 Å². The second-order valence-electron chi connectivity index (χ2n) is 4.59. The van der Waals surface area contributed by atoms with Gasteiger partial charge < -0.3 is 15.3 Å². The molecule has 0 radical (unpaired) electrons. The number of fused-ring (bicyclic) bond motifs is 1. The van der Waals surface area contributed by atoms with E-state index < -0.39 is 11.6 Å². The fourth-order valence-corrected chi connectivity index (χ4v) is 1.66. The minimum absolute atomic E-state index is 0.442. The number of hydrogen-bond donors (Lipinski definition) is 2. The third-order valence-corrected chi connectivity index (χ3v) is 2.64. The van der Waals surface area contributed by atoms with Crippen LogP contribution in [0.1, 0.15) is 31.3 Å². The van der Waals surface area contributed by atoms with Gasteiger partial charge in [-0.2, -0.15) is 0 Å². The zero-order valence-corrected chi connectivity index (χ0v) is 9.69. The summed E-state index contributed by atoms with van der Waals surface area (Å²) in [6.07, 6.45) is 0. The Morgan fingerprint density at radius 1 is 1.44 bits per heavy atom. The maximum atomic E-state index is 9.85. The molecule has 0 saturated heterocycles. The summed E-state index contributed by atoms with van der Waals surface area (Å²) < 4.78 is 5.42. The second-order valence-corrected chi connectivity index (χ2v) is 4.59. The van der Waals surface area contributed by atoms with Crippen LogP contribution < -0.4 is 5.73 Å². The Labute approximate surface area is 94.1 Å². The van der Waals surface area contributed by atoms with Crippen LogP contribution in [-0.2, 0) is 0 Å². The maximum absolute atomic E-state index is 9.85. The van der Waals surface area contributed by atoms with Crippen LogP contribution in [0.5, 0.6) is 0 Å². The van der Waals surface area contributed by atoms with E-state index in [2.05, 4.69) is 4.98 Å². The molecule has 1 atom stereocenters. The zero-order chi connectivity index (χ0) is 11.9. The van der Waals surface area contributed by atoms with E-state index in [9.17, 15) is 5.11 Å². The molecule has 2 rings (SSSR count). The summed E-state index contributed by atoms with van der Waals surface area (Å²) in [6, 6.07) is 5.11. The van der Waals surface area contributed by atoms with Gasteiger partial charge in [-0.1, -0.05) is 6.07 Å². The van der Waals surface area contributed by atoms with Crippen molar-refractivity contribution in [3.8, 4) is 0 Å². The summed E-state index contributed by atoms with van der Waals surface area (Å²) in [7, 11) is 0. The minimum atomic E-state index is -0.956. The predicted molar refractivity (Wildman–Crippen MR) is 62.0 cm³/mol. The smallest absolute Gasteiger partial charge is 0.192 e. The first-order chi connectivity index (χ1) is 7.38. The summed E-state index contributed by atoms with van der Waals surface area (Å²) in [5.41, 5.74) is 7.36. The standard InChI is InChI=1S/C12H16N2O2/c1-7-14-9-5-4-8(6-10(9)16-7)11(13)12(2,3)15/h4-6,11,15H,13H2,1-3H3. The Hall–Kier alpha value is -1.39. The number of nitrogens with zero attached hydrogens (tertiary/aromatic N) is 1. The Morgan fingerprint density at radius 3 is 2.75 bits per heavy atom. The van der Waals surface area contributed by atoms with E-state index in [1.54, 1.807) is 20.8 Å². The molecule has 86 valence electrons. The Bertz CT molecular complexity index is 511. The molecule has 2 aromatic rings. The molecule has 1 unspecified atom stereocenters. The van der Waals surface area contributed by atoms with Crippen molar-refractivity contribution < 1.29 is 9.52 Å². The van der Waals surface area contributed by atoms with Gasteiger partial charge in [0.15, 0.2) is 11.5 Å². The summed E-state index contributed by atoms with van der Waals surface area (Å²) in [5, 5.41) is 9.85. The van der Waals surface area contributed by atoms with Gasteiger partial charge in [0.25, 0.3) is 0 Å². The SMILES string of the molecule is Cc1nc2ccc(C(N)C(C)(C)O)cc2o1. The molecule has 1 heterocycles. The molecule has 0 amide bonds.